The number of benzene rings is 2. The van der Waals surface area contributed by atoms with Gasteiger partial charge in [-0.25, -0.2) is 14.6 Å². The predicted molar refractivity (Wildman–Crippen MR) is 137 cm³/mol. The van der Waals surface area contributed by atoms with Crippen LogP contribution in [0.1, 0.15) is 0 Å². The zero-order chi connectivity index (χ0) is 24.9. The van der Waals surface area contributed by atoms with E-state index in [1.54, 1.807) is 11.0 Å². The van der Waals surface area contributed by atoms with Gasteiger partial charge in [-0.15, -0.1) is 0 Å². The second-order valence-corrected chi connectivity index (χ2v) is 9.58. The van der Waals surface area contributed by atoms with Crippen LogP contribution in [0.4, 0.5) is 0 Å². The Kier molecular flexibility index (Phi) is 5.44. The highest BCUT2D eigenvalue weighted by molar-refractivity contribution is 6.33. The third kappa shape index (κ3) is 4.06. The summed E-state index contributed by atoms with van der Waals surface area (Å²) < 4.78 is 19.1. The molecule has 0 amide bonds. The van der Waals surface area contributed by atoms with Gasteiger partial charge in [-0.3, -0.25) is 0 Å². The number of aromatic amines is 1. The average molecular weight is 516 g/mol. The number of aliphatic hydroxyl groups excluding tert-OH is 1. The Morgan fingerprint density at radius 2 is 1.68 bits per heavy atom. The number of halogens is 1. The lowest BCUT2D eigenvalue weighted by Gasteiger charge is -2.16. The molecule has 10 heteroatoms. The first kappa shape index (κ1) is 22.4. The predicted octanol–water partition coefficient (Wildman–Crippen LogP) is 4.04. The Labute approximate surface area is 216 Å². The van der Waals surface area contributed by atoms with Crippen molar-refractivity contribution in [1.29, 1.82) is 0 Å². The molecule has 2 aliphatic heterocycles. The summed E-state index contributed by atoms with van der Waals surface area (Å²) >= 11 is 6.62. The standard InChI is InChI=1S/C27H22ClN5O4/c28-19-9-20-21(10-24(31-20)37-23-12-36-26-22(34)11-35-27(23)26)32-25(19)17-3-1-15(2-4-17)16-5-7-18(8-6-16)33-14-29-13-30-33/h1-10,13-14,22-23,26-27,31,34H,11-12H2/t22-,23-,26-,27-/m1/s1. The fourth-order valence-corrected chi connectivity index (χ4v) is 5.21. The molecule has 0 bridgehead atoms. The molecule has 2 aliphatic rings. The van der Waals surface area contributed by atoms with Gasteiger partial charge in [0.25, 0.3) is 0 Å². The number of fused-ring (bicyclic) bond motifs is 2. The minimum atomic E-state index is -0.616. The molecule has 0 unspecified atom stereocenters. The lowest BCUT2D eigenvalue weighted by atomic mass is 10.0. The number of H-pyrrole nitrogens is 1. The first-order valence-electron chi connectivity index (χ1n) is 12.0. The van der Waals surface area contributed by atoms with E-state index in [0.29, 0.717) is 23.2 Å². The molecule has 0 saturated carbocycles. The summed E-state index contributed by atoms with van der Waals surface area (Å²) in [5.74, 6) is 0.555. The number of aliphatic hydroxyl groups is 1. The molecule has 2 aromatic carbocycles. The van der Waals surface area contributed by atoms with Crippen LogP contribution in [0, 0.1) is 0 Å². The Balaban J connectivity index is 1.11. The molecule has 0 aliphatic carbocycles. The molecule has 2 fully saturated rings. The van der Waals surface area contributed by atoms with E-state index >= 15 is 0 Å². The maximum absolute atomic E-state index is 9.95. The first-order valence-corrected chi connectivity index (χ1v) is 12.3. The van der Waals surface area contributed by atoms with E-state index in [4.69, 9.17) is 30.8 Å². The summed E-state index contributed by atoms with van der Waals surface area (Å²) in [7, 11) is 0. The van der Waals surface area contributed by atoms with Crippen molar-refractivity contribution in [2.24, 2.45) is 0 Å². The summed E-state index contributed by atoms with van der Waals surface area (Å²) in [4.78, 5) is 12.0. The van der Waals surface area contributed by atoms with E-state index in [2.05, 4.69) is 39.3 Å². The first-order chi connectivity index (χ1) is 18.1. The number of hydrogen-bond donors (Lipinski definition) is 2. The molecule has 186 valence electrons. The molecule has 2 N–H and O–H groups in total. The molecule has 9 nitrogen and oxygen atoms in total. The van der Waals surface area contributed by atoms with Crippen LogP contribution < -0.4 is 4.74 Å². The quantitative estimate of drug-likeness (QED) is 0.364. The number of nitrogens with one attached hydrogen (secondary N) is 1. The van der Waals surface area contributed by atoms with E-state index in [1.807, 2.05) is 36.4 Å². The minimum Gasteiger partial charge on any atom is -0.470 e. The molecule has 0 spiro atoms. The van der Waals surface area contributed by atoms with Gasteiger partial charge in [-0.2, -0.15) is 5.10 Å². The van der Waals surface area contributed by atoms with Gasteiger partial charge >= 0.3 is 0 Å². The molecule has 7 rings (SSSR count). The van der Waals surface area contributed by atoms with Crippen molar-refractivity contribution in [2.45, 2.75) is 24.4 Å². The Hall–Kier alpha value is -3.76. The zero-order valence-corrected chi connectivity index (χ0v) is 20.2. The highest BCUT2D eigenvalue weighted by atomic mass is 35.5. The molecule has 3 aromatic heterocycles. The maximum atomic E-state index is 9.95. The van der Waals surface area contributed by atoms with Gasteiger partial charge in [-0.1, -0.05) is 48.0 Å². The number of pyridine rings is 1. The summed E-state index contributed by atoms with van der Waals surface area (Å²) in [6.07, 6.45) is 1.64. The molecule has 2 saturated heterocycles. The van der Waals surface area contributed by atoms with Crippen LogP contribution >= 0.6 is 11.6 Å². The second kappa shape index (κ2) is 8.97. The van der Waals surface area contributed by atoms with Crippen molar-refractivity contribution < 1.29 is 19.3 Å². The van der Waals surface area contributed by atoms with E-state index in [1.165, 1.54) is 6.33 Å². The Morgan fingerprint density at radius 1 is 0.946 bits per heavy atom. The van der Waals surface area contributed by atoms with Crippen LogP contribution in [0.3, 0.4) is 0 Å². The Bertz CT molecular complexity index is 1550. The fraction of sp³-hybridized carbons (Fsp3) is 0.222. The lowest BCUT2D eigenvalue weighted by Crippen LogP contribution is -2.34. The van der Waals surface area contributed by atoms with Gasteiger partial charge in [0, 0.05) is 11.6 Å². The largest absolute Gasteiger partial charge is 0.470 e. The topological polar surface area (TPSA) is 107 Å². The van der Waals surface area contributed by atoms with Gasteiger partial charge < -0.3 is 24.3 Å². The van der Waals surface area contributed by atoms with Gasteiger partial charge in [0.1, 0.15) is 31.0 Å². The van der Waals surface area contributed by atoms with Crippen molar-refractivity contribution in [3.8, 4) is 34.0 Å². The number of aromatic nitrogens is 5. The number of hydrogen-bond acceptors (Lipinski definition) is 7. The van der Waals surface area contributed by atoms with Crippen LogP contribution in [0.5, 0.6) is 5.88 Å². The number of rotatable bonds is 5. The normalized spacial score (nSPS) is 23.0. The molecule has 0 radical (unpaired) electrons. The van der Waals surface area contributed by atoms with Gasteiger partial charge in [0.2, 0.25) is 0 Å². The highest BCUT2D eigenvalue weighted by Gasteiger charge is 2.48. The van der Waals surface area contributed by atoms with E-state index in [0.717, 1.165) is 33.4 Å². The number of ether oxygens (including phenoxy) is 3. The third-order valence-electron chi connectivity index (χ3n) is 6.83. The smallest absolute Gasteiger partial charge is 0.193 e. The van der Waals surface area contributed by atoms with E-state index < -0.39 is 6.10 Å². The number of nitrogens with zero attached hydrogens (tertiary/aromatic N) is 4. The van der Waals surface area contributed by atoms with Crippen LogP contribution in [-0.2, 0) is 9.47 Å². The summed E-state index contributed by atoms with van der Waals surface area (Å²) in [6.45, 7) is 0.617. The van der Waals surface area contributed by atoms with Crippen molar-refractivity contribution in [3.63, 3.8) is 0 Å². The SMILES string of the molecule is O[C@@H]1CO[C@H]2[C@@H]1OC[C@H]2Oc1cc2nc(-c3ccc(-c4ccc(-n5cncn5)cc4)cc3)c(Cl)cc2[nH]1. The molecule has 5 aromatic rings. The van der Waals surface area contributed by atoms with Crippen molar-refractivity contribution in [3.05, 3.63) is 78.3 Å². The van der Waals surface area contributed by atoms with E-state index in [9.17, 15) is 5.11 Å². The summed E-state index contributed by atoms with van der Waals surface area (Å²) in [5.41, 5.74) is 6.25. The third-order valence-corrected chi connectivity index (χ3v) is 7.12. The van der Waals surface area contributed by atoms with Crippen LogP contribution in [0.2, 0.25) is 5.02 Å². The zero-order valence-electron chi connectivity index (χ0n) is 19.5. The summed E-state index contributed by atoms with van der Waals surface area (Å²) in [6, 6.07) is 20.0. The molecular weight excluding hydrogens is 494 g/mol. The van der Waals surface area contributed by atoms with Gasteiger partial charge in [0.05, 0.1) is 40.7 Å². The Morgan fingerprint density at radius 3 is 2.43 bits per heavy atom. The van der Waals surface area contributed by atoms with Crippen molar-refractivity contribution in [2.75, 3.05) is 13.2 Å². The molecule has 5 heterocycles. The van der Waals surface area contributed by atoms with Crippen LogP contribution in [0.15, 0.2) is 73.3 Å². The average Bonchev–Trinajstić information content (AvgIpc) is 3.71. The monoisotopic (exact) mass is 515 g/mol. The van der Waals surface area contributed by atoms with Crippen LogP contribution in [-0.4, -0.2) is 67.5 Å². The molecule has 37 heavy (non-hydrogen) atoms. The van der Waals surface area contributed by atoms with Crippen LogP contribution in [0.25, 0.3) is 39.1 Å². The molecular formula is C27H22ClN5O4. The van der Waals surface area contributed by atoms with Crippen molar-refractivity contribution in [1.82, 2.24) is 24.7 Å². The second-order valence-electron chi connectivity index (χ2n) is 9.17. The van der Waals surface area contributed by atoms with Crippen molar-refractivity contribution >= 4 is 22.6 Å². The van der Waals surface area contributed by atoms with Gasteiger partial charge in [-0.05, 0) is 29.3 Å². The summed E-state index contributed by atoms with van der Waals surface area (Å²) in [5, 5.41) is 14.7. The maximum Gasteiger partial charge on any atom is 0.193 e. The highest BCUT2D eigenvalue weighted by Crippen LogP contribution is 2.34. The van der Waals surface area contributed by atoms with E-state index in [-0.39, 0.29) is 24.9 Å². The minimum absolute atomic E-state index is 0.259. The van der Waals surface area contributed by atoms with Gasteiger partial charge in [0.15, 0.2) is 12.0 Å². The lowest BCUT2D eigenvalue weighted by molar-refractivity contribution is 0.00794. The molecule has 4 atom stereocenters. The fourth-order valence-electron chi connectivity index (χ4n) is 4.95.